The summed E-state index contributed by atoms with van der Waals surface area (Å²) in [6.45, 7) is 4.22. The van der Waals surface area contributed by atoms with Crippen LogP contribution in [0.5, 0.6) is 11.5 Å². The van der Waals surface area contributed by atoms with Crippen LogP contribution in [0.15, 0.2) is 30.3 Å². The number of carbonyl (C=O) groups is 2. The van der Waals surface area contributed by atoms with E-state index in [1.54, 1.807) is 29.2 Å². The number of piperidine rings is 1. The second-order valence-corrected chi connectivity index (χ2v) is 11.3. The van der Waals surface area contributed by atoms with E-state index in [9.17, 15) is 9.59 Å². The van der Waals surface area contributed by atoms with E-state index < -0.39 is 6.10 Å². The van der Waals surface area contributed by atoms with Crippen molar-refractivity contribution in [1.29, 1.82) is 0 Å². The van der Waals surface area contributed by atoms with Crippen LogP contribution in [0.2, 0.25) is 15.1 Å². The summed E-state index contributed by atoms with van der Waals surface area (Å²) >= 11 is 18.5. The second-order valence-electron chi connectivity index (χ2n) is 10.1. The largest absolute Gasteiger partial charge is 0.496 e. The van der Waals surface area contributed by atoms with Gasteiger partial charge in [0, 0.05) is 32.2 Å². The summed E-state index contributed by atoms with van der Waals surface area (Å²) in [7, 11) is 1.49. The molecular formula is C28H35Cl3N4O5. The first-order valence-electron chi connectivity index (χ1n) is 13.4. The Bertz CT molecular complexity index is 1190. The van der Waals surface area contributed by atoms with Crippen LogP contribution in [0.3, 0.4) is 0 Å². The van der Waals surface area contributed by atoms with Gasteiger partial charge in [-0.3, -0.25) is 9.69 Å². The van der Waals surface area contributed by atoms with Crippen molar-refractivity contribution in [3.8, 4) is 11.5 Å². The highest BCUT2D eigenvalue weighted by atomic mass is 35.5. The molecule has 0 saturated carbocycles. The molecule has 0 bridgehead atoms. The molecule has 3 N–H and O–H groups in total. The van der Waals surface area contributed by atoms with Crippen LogP contribution in [-0.4, -0.2) is 80.9 Å². The second kappa shape index (κ2) is 14.3. The monoisotopic (exact) mass is 612 g/mol. The Labute approximate surface area is 249 Å². The predicted octanol–water partition coefficient (Wildman–Crippen LogP) is 5.36. The van der Waals surface area contributed by atoms with Crippen molar-refractivity contribution in [3.05, 3.63) is 51.0 Å². The Hall–Kier alpha value is -2.59. The van der Waals surface area contributed by atoms with Crippen LogP contribution in [-0.2, 0) is 4.74 Å². The van der Waals surface area contributed by atoms with Crippen molar-refractivity contribution in [2.45, 2.75) is 31.8 Å². The van der Waals surface area contributed by atoms with E-state index in [4.69, 9.17) is 54.7 Å². The molecule has 1 unspecified atom stereocenters. The van der Waals surface area contributed by atoms with E-state index in [0.717, 1.165) is 38.8 Å². The maximum absolute atomic E-state index is 12.8. The normalized spacial score (nSPS) is 16.9. The Morgan fingerprint density at radius 2 is 1.77 bits per heavy atom. The summed E-state index contributed by atoms with van der Waals surface area (Å²) in [6.07, 6.45) is 2.93. The molecule has 12 heteroatoms. The lowest BCUT2D eigenvalue weighted by Crippen LogP contribution is -2.45. The molecule has 2 aliphatic rings. The van der Waals surface area contributed by atoms with Gasteiger partial charge >= 0.3 is 6.09 Å². The fraction of sp³-hybridized carbons (Fsp3) is 0.500. The summed E-state index contributed by atoms with van der Waals surface area (Å²) in [6, 6.07) is 8.26. The topological polar surface area (TPSA) is 106 Å². The number of likely N-dealkylation sites (tertiary alicyclic amines) is 2. The zero-order valence-corrected chi connectivity index (χ0v) is 24.7. The lowest BCUT2D eigenvalue weighted by Gasteiger charge is -2.34. The average molecular weight is 614 g/mol. The SMILES string of the molecule is COc1cc(N)c(Cl)cc1C(=O)NCC1CCN(CC(COc2cccc(Cl)c2Cl)OC(=O)N2CCCC2)CC1. The van der Waals surface area contributed by atoms with Gasteiger partial charge in [-0.05, 0) is 62.9 Å². The summed E-state index contributed by atoms with van der Waals surface area (Å²) in [5.41, 5.74) is 6.53. The van der Waals surface area contributed by atoms with Gasteiger partial charge in [-0.2, -0.15) is 0 Å². The third-order valence-corrected chi connectivity index (χ3v) is 8.39. The number of carbonyl (C=O) groups excluding carboxylic acids is 2. The molecule has 2 aromatic carbocycles. The Balaban J connectivity index is 1.29. The van der Waals surface area contributed by atoms with E-state index >= 15 is 0 Å². The zero-order chi connectivity index (χ0) is 28.6. The van der Waals surface area contributed by atoms with Crippen LogP contribution in [0.25, 0.3) is 0 Å². The van der Waals surface area contributed by atoms with Crippen molar-refractivity contribution in [2.75, 3.05) is 58.7 Å². The first-order valence-corrected chi connectivity index (χ1v) is 14.5. The van der Waals surface area contributed by atoms with Gasteiger partial charge in [0.05, 0.1) is 28.4 Å². The van der Waals surface area contributed by atoms with Gasteiger partial charge in [0.15, 0.2) is 6.10 Å². The smallest absolute Gasteiger partial charge is 0.410 e. The molecule has 2 aromatic rings. The van der Waals surface area contributed by atoms with Gasteiger partial charge in [-0.25, -0.2) is 4.79 Å². The molecule has 218 valence electrons. The minimum absolute atomic E-state index is 0.154. The van der Waals surface area contributed by atoms with Gasteiger partial charge in [0.25, 0.3) is 5.91 Å². The highest BCUT2D eigenvalue weighted by Gasteiger charge is 2.28. The highest BCUT2D eigenvalue weighted by Crippen LogP contribution is 2.32. The van der Waals surface area contributed by atoms with E-state index in [0.29, 0.717) is 69.9 Å². The number of anilines is 1. The minimum Gasteiger partial charge on any atom is -0.496 e. The third kappa shape index (κ3) is 8.00. The maximum Gasteiger partial charge on any atom is 0.410 e. The van der Waals surface area contributed by atoms with Crippen molar-refractivity contribution >= 4 is 52.5 Å². The zero-order valence-electron chi connectivity index (χ0n) is 22.5. The van der Waals surface area contributed by atoms with Gasteiger partial charge < -0.3 is 30.2 Å². The Morgan fingerprint density at radius 1 is 1.05 bits per heavy atom. The van der Waals surface area contributed by atoms with Crippen LogP contribution >= 0.6 is 34.8 Å². The lowest BCUT2D eigenvalue weighted by atomic mass is 9.96. The number of ether oxygens (including phenoxy) is 3. The molecule has 2 fully saturated rings. The molecule has 2 saturated heterocycles. The quantitative estimate of drug-likeness (QED) is 0.348. The number of nitrogens with zero attached hydrogens (tertiary/aromatic N) is 2. The van der Waals surface area contributed by atoms with Crippen molar-refractivity contribution in [1.82, 2.24) is 15.1 Å². The maximum atomic E-state index is 12.8. The Morgan fingerprint density at radius 3 is 2.48 bits per heavy atom. The van der Waals surface area contributed by atoms with E-state index in [1.165, 1.54) is 13.2 Å². The standard InChI is InChI=1S/C28H35Cl3N4O5/c1-38-25-14-23(32)22(30)13-20(25)27(36)33-15-18-7-11-34(12-8-18)16-19(40-28(37)35-9-2-3-10-35)17-39-24-6-4-5-21(29)26(24)31/h4-6,13-14,18-19H,2-3,7-12,15-17,32H2,1H3,(H,33,36). The molecule has 0 spiro atoms. The highest BCUT2D eigenvalue weighted by molar-refractivity contribution is 6.42. The van der Waals surface area contributed by atoms with Gasteiger partial charge in [-0.1, -0.05) is 40.9 Å². The number of nitrogens with one attached hydrogen (secondary N) is 1. The summed E-state index contributed by atoms with van der Waals surface area (Å²) < 4.78 is 17.1. The van der Waals surface area contributed by atoms with E-state index in [2.05, 4.69) is 10.2 Å². The lowest BCUT2D eigenvalue weighted by molar-refractivity contribution is 0.0174. The fourth-order valence-electron chi connectivity index (χ4n) is 4.93. The number of halogens is 3. The van der Waals surface area contributed by atoms with Crippen molar-refractivity contribution in [3.63, 3.8) is 0 Å². The summed E-state index contributed by atoms with van der Waals surface area (Å²) in [4.78, 5) is 29.5. The molecule has 0 radical (unpaired) electrons. The summed E-state index contributed by atoms with van der Waals surface area (Å²) in [5, 5.41) is 4.03. The molecule has 0 aliphatic carbocycles. The van der Waals surface area contributed by atoms with Crippen LogP contribution < -0.4 is 20.5 Å². The molecule has 0 aromatic heterocycles. The average Bonchev–Trinajstić information content (AvgIpc) is 3.50. The molecule has 1 atom stereocenters. The number of nitrogen functional groups attached to an aromatic ring is 1. The number of hydrogen-bond donors (Lipinski definition) is 2. The summed E-state index contributed by atoms with van der Waals surface area (Å²) in [5.74, 6) is 0.879. The van der Waals surface area contributed by atoms with Crippen molar-refractivity contribution in [2.24, 2.45) is 5.92 Å². The Kier molecular flexibility index (Phi) is 10.9. The number of hydrogen-bond acceptors (Lipinski definition) is 7. The number of nitrogens with two attached hydrogens (primary N) is 1. The van der Waals surface area contributed by atoms with Crippen LogP contribution in [0.4, 0.5) is 10.5 Å². The van der Waals surface area contributed by atoms with Gasteiger partial charge in [-0.15, -0.1) is 0 Å². The first-order chi connectivity index (χ1) is 19.2. The third-order valence-electron chi connectivity index (χ3n) is 7.26. The predicted molar refractivity (Wildman–Crippen MR) is 157 cm³/mol. The fourth-order valence-corrected chi connectivity index (χ4v) is 5.44. The molecule has 2 aliphatic heterocycles. The minimum atomic E-state index is -0.484. The molecule has 40 heavy (non-hydrogen) atoms. The first kappa shape index (κ1) is 30.4. The molecule has 2 heterocycles. The number of amides is 2. The van der Waals surface area contributed by atoms with Gasteiger partial charge in [0.1, 0.15) is 23.1 Å². The number of benzene rings is 2. The molecular weight excluding hydrogens is 579 g/mol. The van der Waals surface area contributed by atoms with Gasteiger partial charge in [0.2, 0.25) is 0 Å². The van der Waals surface area contributed by atoms with Crippen LogP contribution in [0, 0.1) is 5.92 Å². The van der Waals surface area contributed by atoms with E-state index in [-0.39, 0.29) is 18.6 Å². The number of methoxy groups -OCH3 is 1. The molecule has 4 rings (SSSR count). The number of rotatable bonds is 10. The van der Waals surface area contributed by atoms with Crippen molar-refractivity contribution < 1.29 is 23.8 Å². The molecule has 2 amide bonds. The van der Waals surface area contributed by atoms with Crippen LogP contribution in [0.1, 0.15) is 36.0 Å². The van der Waals surface area contributed by atoms with E-state index in [1.807, 2.05) is 0 Å². The molecule has 9 nitrogen and oxygen atoms in total.